The number of carbonyl (C=O) groups is 1. The maximum Gasteiger partial charge on any atom is 0.424 e. The molecular weight excluding hydrogens is 360 g/mol. The summed E-state index contributed by atoms with van der Waals surface area (Å²) in [6.45, 7) is 1.39. The van der Waals surface area contributed by atoms with Crippen LogP contribution in [0.15, 0.2) is 54.6 Å². The maximum absolute atomic E-state index is 12.4. The first-order chi connectivity index (χ1) is 13.7. The van der Waals surface area contributed by atoms with Crippen LogP contribution in [0.2, 0.25) is 0 Å². The van der Waals surface area contributed by atoms with E-state index in [0.29, 0.717) is 26.2 Å². The molecule has 1 N–H and O–H groups in total. The van der Waals surface area contributed by atoms with Crippen molar-refractivity contribution in [3.05, 3.63) is 65.7 Å². The Balaban J connectivity index is 1.54. The SMILES string of the molecule is COc1ccc([C@@H](NN2C(=O)OC[C@@H]2Cc2ccccc2)C2OCCO2)cc1. The lowest BCUT2D eigenvalue weighted by Crippen LogP contribution is -2.50. The summed E-state index contributed by atoms with van der Waals surface area (Å²) in [5.41, 5.74) is 5.38. The van der Waals surface area contributed by atoms with Crippen LogP contribution in [-0.4, -0.2) is 50.4 Å². The molecule has 2 aromatic carbocycles. The summed E-state index contributed by atoms with van der Waals surface area (Å²) >= 11 is 0. The van der Waals surface area contributed by atoms with Crippen LogP contribution in [0.25, 0.3) is 0 Å². The van der Waals surface area contributed by atoms with Gasteiger partial charge in [-0.2, -0.15) is 0 Å². The zero-order chi connectivity index (χ0) is 19.3. The number of amides is 1. The van der Waals surface area contributed by atoms with Crippen molar-refractivity contribution in [2.45, 2.75) is 24.8 Å². The molecule has 0 spiro atoms. The number of carbonyl (C=O) groups excluding carboxylic acids is 1. The number of cyclic esters (lactones) is 1. The van der Waals surface area contributed by atoms with Gasteiger partial charge in [-0.15, -0.1) is 0 Å². The molecule has 7 heteroatoms. The number of methoxy groups -OCH3 is 1. The highest BCUT2D eigenvalue weighted by molar-refractivity contribution is 5.69. The lowest BCUT2D eigenvalue weighted by molar-refractivity contribution is -0.0823. The van der Waals surface area contributed by atoms with Gasteiger partial charge in [-0.1, -0.05) is 42.5 Å². The predicted octanol–water partition coefficient (Wildman–Crippen LogP) is 2.68. The van der Waals surface area contributed by atoms with Crippen molar-refractivity contribution in [3.8, 4) is 5.75 Å². The minimum atomic E-state index is -0.487. The summed E-state index contributed by atoms with van der Waals surface area (Å²) in [6.07, 6.45) is -0.182. The zero-order valence-electron chi connectivity index (χ0n) is 15.7. The molecule has 0 unspecified atom stereocenters. The summed E-state index contributed by atoms with van der Waals surface area (Å²) in [6, 6.07) is 17.2. The van der Waals surface area contributed by atoms with E-state index in [0.717, 1.165) is 16.9 Å². The number of rotatable bonds is 7. The Hall–Kier alpha value is -2.61. The van der Waals surface area contributed by atoms with Crippen molar-refractivity contribution in [3.63, 3.8) is 0 Å². The molecule has 0 radical (unpaired) electrons. The van der Waals surface area contributed by atoms with Crippen LogP contribution in [0.4, 0.5) is 4.79 Å². The van der Waals surface area contributed by atoms with Crippen LogP contribution in [-0.2, 0) is 20.6 Å². The lowest BCUT2D eigenvalue weighted by atomic mass is 10.1. The first-order valence-electron chi connectivity index (χ1n) is 9.38. The normalized spacial score (nSPS) is 21.0. The molecule has 0 saturated carbocycles. The predicted molar refractivity (Wildman–Crippen MR) is 102 cm³/mol. The van der Waals surface area contributed by atoms with E-state index in [9.17, 15) is 4.79 Å². The first kappa shape index (κ1) is 18.7. The Kier molecular flexibility index (Phi) is 5.76. The van der Waals surface area contributed by atoms with Crippen molar-refractivity contribution in [1.82, 2.24) is 10.4 Å². The van der Waals surface area contributed by atoms with E-state index >= 15 is 0 Å². The average molecular weight is 384 g/mol. The number of nitrogens with zero attached hydrogens (tertiary/aromatic N) is 1. The van der Waals surface area contributed by atoms with Gasteiger partial charge in [0.2, 0.25) is 0 Å². The highest BCUT2D eigenvalue weighted by Crippen LogP contribution is 2.27. The highest BCUT2D eigenvalue weighted by atomic mass is 16.7. The molecule has 1 amide bonds. The molecule has 0 aliphatic carbocycles. The number of benzene rings is 2. The van der Waals surface area contributed by atoms with Gasteiger partial charge in [-0.3, -0.25) is 0 Å². The van der Waals surface area contributed by atoms with Gasteiger partial charge in [0.05, 0.1) is 26.4 Å². The molecule has 2 saturated heterocycles. The molecule has 2 aliphatic rings. The minimum absolute atomic E-state index is 0.114. The fraction of sp³-hybridized carbons (Fsp3) is 0.381. The molecule has 2 atom stereocenters. The van der Waals surface area contributed by atoms with E-state index in [4.69, 9.17) is 18.9 Å². The van der Waals surface area contributed by atoms with Gasteiger partial charge in [-0.25, -0.2) is 15.2 Å². The van der Waals surface area contributed by atoms with E-state index in [1.807, 2.05) is 54.6 Å². The van der Waals surface area contributed by atoms with Crippen molar-refractivity contribution < 1.29 is 23.7 Å². The second-order valence-electron chi connectivity index (χ2n) is 6.78. The average Bonchev–Trinajstić information content (AvgIpc) is 3.38. The van der Waals surface area contributed by atoms with E-state index in [1.54, 1.807) is 12.1 Å². The quantitative estimate of drug-likeness (QED) is 0.792. The summed E-state index contributed by atoms with van der Waals surface area (Å²) in [5.74, 6) is 0.762. The summed E-state index contributed by atoms with van der Waals surface area (Å²) in [5, 5.41) is 1.56. The van der Waals surface area contributed by atoms with Crippen molar-refractivity contribution in [2.24, 2.45) is 0 Å². The monoisotopic (exact) mass is 384 g/mol. The number of hydrogen-bond donors (Lipinski definition) is 1. The molecule has 7 nitrogen and oxygen atoms in total. The molecule has 2 heterocycles. The summed E-state index contributed by atoms with van der Waals surface area (Å²) in [7, 11) is 1.63. The van der Waals surface area contributed by atoms with Gasteiger partial charge in [0.1, 0.15) is 18.4 Å². The van der Waals surface area contributed by atoms with E-state index < -0.39 is 12.4 Å². The van der Waals surface area contributed by atoms with Gasteiger partial charge in [0.25, 0.3) is 0 Å². The van der Waals surface area contributed by atoms with Crippen LogP contribution >= 0.6 is 0 Å². The van der Waals surface area contributed by atoms with E-state index in [-0.39, 0.29) is 12.1 Å². The molecule has 148 valence electrons. The van der Waals surface area contributed by atoms with Crippen molar-refractivity contribution in [1.29, 1.82) is 0 Å². The largest absolute Gasteiger partial charge is 0.497 e. The second kappa shape index (κ2) is 8.60. The minimum Gasteiger partial charge on any atom is -0.497 e. The molecule has 0 bridgehead atoms. The lowest BCUT2D eigenvalue weighted by Gasteiger charge is -2.31. The summed E-state index contributed by atoms with van der Waals surface area (Å²) in [4.78, 5) is 12.4. The Morgan fingerprint density at radius 1 is 1.11 bits per heavy atom. The smallest absolute Gasteiger partial charge is 0.424 e. The number of hydrogen-bond acceptors (Lipinski definition) is 6. The van der Waals surface area contributed by atoms with Gasteiger partial charge in [0.15, 0.2) is 6.29 Å². The van der Waals surface area contributed by atoms with Crippen LogP contribution in [0, 0.1) is 0 Å². The van der Waals surface area contributed by atoms with Crippen LogP contribution < -0.4 is 10.2 Å². The molecule has 0 aromatic heterocycles. The fourth-order valence-electron chi connectivity index (χ4n) is 3.48. The van der Waals surface area contributed by atoms with Crippen LogP contribution in [0.3, 0.4) is 0 Å². The van der Waals surface area contributed by atoms with Gasteiger partial charge in [-0.05, 0) is 29.7 Å². The van der Waals surface area contributed by atoms with Crippen LogP contribution in [0.5, 0.6) is 5.75 Å². The maximum atomic E-state index is 12.4. The Bertz CT molecular complexity index is 777. The summed E-state index contributed by atoms with van der Waals surface area (Å²) < 4.78 is 22.0. The van der Waals surface area contributed by atoms with Crippen molar-refractivity contribution in [2.75, 3.05) is 26.9 Å². The Morgan fingerprint density at radius 2 is 1.82 bits per heavy atom. The zero-order valence-corrected chi connectivity index (χ0v) is 15.7. The fourth-order valence-corrected chi connectivity index (χ4v) is 3.48. The third kappa shape index (κ3) is 4.11. The van der Waals surface area contributed by atoms with Gasteiger partial charge < -0.3 is 18.9 Å². The van der Waals surface area contributed by atoms with E-state index in [2.05, 4.69) is 5.43 Å². The highest BCUT2D eigenvalue weighted by Gasteiger charge is 2.38. The molecular formula is C21H24N2O5. The topological polar surface area (TPSA) is 69.3 Å². The third-order valence-corrected chi connectivity index (χ3v) is 4.95. The molecule has 2 aromatic rings. The second-order valence-corrected chi connectivity index (χ2v) is 6.78. The number of nitrogens with one attached hydrogen (secondary N) is 1. The van der Waals surface area contributed by atoms with Gasteiger partial charge >= 0.3 is 6.09 Å². The molecule has 2 fully saturated rings. The van der Waals surface area contributed by atoms with Crippen molar-refractivity contribution >= 4 is 6.09 Å². The standard InChI is InChI=1S/C21H24N2O5/c1-25-18-9-7-16(8-10-18)19(20-26-11-12-27-20)22-23-17(14-28-21(23)24)13-15-5-3-2-4-6-15/h2-10,17,19-20,22H,11-14H2,1H3/t17-,19+/m0/s1. The first-order valence-corrected chi connectivity index (χ1v) is 9.38. The van der Waals surface area contributed by atoms with Gasteiger partial charge in [0, 0.05) is 0 Å². The molecule has 28 heavy (non-hydrogen) atoms. The van der Waals surface area contributed by atoms with E-state index in [1.165, 1.54) is 0 Å². The number of hydrazine groups is 1. The van der Waals surface area contributed by atoms with Crippen LogP contribution in [0.1, 0.15) is 17.2 Å². The molecule has 2 aliphatic heterocycles. The number of ether oxygens (including phenoxy) is 4. The Morgan fingerprint density at radius 3 is 2.50 bits per heavy atom. The third-order valence-electron chi connectivity index (χ3n) is 4.95. The Labute approximate surface area is 164 Å². The molecule has 4 rings (SSSR count).